The van der Waals surface area contributed by atoms with Crippen LogP contribution in [-0.4, -0.2) is 16.3 Å². The van der Waals surface area contributed by atoms with Crippen LogP contribution in [0.5, 0.6) is 0 Å². The molecule has 0 spiro atoms. The number of rotatable bonds is 2. The summed E-state index contributed by atoms with van der Waals surface area (Å²) in [5, 5.41) is 1.28. The molecule has 0 unspecified atom stereocenters. The van der Waals surface area contributed by atoms with Gasteiger partial charge in [-0.05, 0) is 17.5 Å². The fraction of sp³-hybridized carbons (Fsp3) is 0. The van der Waals surface area contributed by atoms with Crippen molar-refractivity contribution in [1.29, 1.82) is 0 Å². The summed E-state index contributed by atoms with van der Waals surface area (Å²) in [4.78, 5) is 18.9. The van der Waals surface area contributed by atoms with Crippen molar-refractivity contribution < 1.29 is 9.18 Å². The van der Waals surface area contributed by atoms with Crippen LogP contribution in [0.1, 0.15) is 10.4 Å². The molecule has 0 saturated heterocycles. The van der Waals surface area contributed by atoms with Crippen LogP contribution in [0.3, 0.4) is 0 Å². The van der Waals surface area contributed by atoms with Crippen LogP contribution < -0.4 is 0 Å². The van der Waals surface area contributed by atoms with Crippen molar-refractivity contribution in [2.24, 2.45) is 0 Å². The van der Waals surface area contributed by atoms with E-state index in [1.807, 2.05) is 12.1 Å². The maximum absolute atomic E-state index is 13.7. The Balaban J connectivity index is 2.24. The molecule has 4 heteroatoms. The van der Waals surface area contributed by atoms with E-state index in [-0.39, 0.29) is 5.82 Å². The molecule has 3 aromatic rings. The van der Waals surface area contributed by atoms with E-state index in [2.05, 4.69) is 9.97 Å². The predicted octanol–water partition coefficient (Wildman–Crippen LogP) is 3.25. The molecular weight excluding hydrogens is 243 g/mol. The second-order valence-electron chi connectivity index (χ2n) is 4.10. The van der Waals surface area contributed by atoms with E-state index in [0.717, 1.165) is 10.9 Å². The lowest BCUT2D eigenvalue weighted by Gasteiger charge is -2.06. The molecular formula is C15H9FN2O. The van der Waals surface area contributed by atoms with Crippen LogP contribution in [0.15, 0.2) is 48.8 Å². The minimum Gasteiger partial charge on any atom is -0.298 e. The quantitative estimate of drug-likeness (QED) is 0.657. The molecule has 2 aromatic carbocycles. The first kappa shape index (κ1) is 11.5. The Bertz CT molecular complexity index is 754. The maximum Gasteiger partial charge on any atom is 0.159 e. The van der Waals surface area contributed by atoms with Crippen LogP contribution in [0.2, 0.25) is 0 Å². The van der Waals surface area contributed by atoms with Crippen LogP contribution >= 0.6 is 0 Å². The first-order valence-electron chi connectivity index (χ1n) is 5.74. The van der Waals surface area contributed by atoms with Gasteiger partial charge in [0.2, 0.25) is 0 Å². The van der Waals surface area contributed by atoms with Crippen molar-refractivity contribution in [1.82, 2.24) is 9.97 Å². The van der Waals surface area contributed by atoms with Gasteiger partial charge in [-0.15, -0.1) is 0 Å². The highest BCUT2D eigenvalue weighted by Gasteiger charge is 2.09. The third-order valence-electron chi connectivity index (χ3n) is 2.92. The summed E-state index contributed by atoms with van der Waals surface area (Å²) >= 11 is 0. The van der Waals surface area contributed by atoms with E-state index >= 15 is 0 Å². The summed E-state index contributed by atoms with van der Waals surface area (Å²) in [7, 11) is 0. The Labute approximate surface area is 108 Å². The van der Waals surface area contributed by atoms with Crippen molar-refractivity contribution >= 4 is 17.1 Å². The number of carbonyl (C=O) groups excluding carboxylic acids is 1. The third-order valence-corrected chi connectivity index (χ3v) is 2.92. The minimum atomic E-state index is -0.274. The molecule has 1 heterocycles. The number of benzene rings is 2. The molecule has 0 saturated carbocycles. The molecule has 0 N–H and O–H groups in total. The smallest absolute Gasteiger partial charge is 0.159 e. The summed E-state index contributed by atoms with van der Waals surface area (Å²) in [6.45, 7) is 0. The third kappa shape index (κ3) is 1.97. The van der Waals surface area contributed by atoms with Crippen LogP contribution in [0, 0.1) is 5.82 Å². The molecule has 0 amide bonds. The monoisotopic (exact) mass is 252 g/mol. The number of carbonyl (C=O) groups is 1. The van der Waals surface area contributed by atoms with Gasteiger partial charge in [-0.25, -0.2) is 14.4 Å². The van der Waals surface area contributed by atoms with Crippen LogP contribution in [-0.2, 0) is 0 Å². The van der Waals surface area contributed by atoms with E-state index in [1.54, 1.807) is 18.2 Å². The highest BCUT2D eigenvalue weighted by Crippen LogP contribution is 2.27. The summed E-state index contributed by atoms with van der Waals surface area (Å²) < 4.78 is 13.7. The van der Waals surface area contributed by atoms with Gasteiger partial charge in [0.1, 0.15) is 5.82 Å². The Morgan fingerprint density at radius 3 is 2.32 bits per heavy atom. The van der Waals surface area contributed by atoms with Gasteiger partial charge in [-0.1, -0.05) is 24.3 Å². The highest BCUT2D eigenvalue weighted by molar-refractivity contribution is 5.95. The van der Waals surface area contributed by atoms with Gasteiger partial charge in [-0.2, -0.15) is 0 Å². The van der Waals surface area contributed by atoms with Crippen molar-refractivity contribution in [3.8, 4) is 11.4 Å². The zero-order valence-corrected chi connectivity index (χ0v) is 9.88. The van der Waals surface area contributed by atoms with Crippen molar-refractivity contribution in [2.75, 3.05) is 0 Å². The van der Waals surface area contributed by atoms with Crippen LogP contribution in [0.25, 0.3) is 22.2 Å². The zero-order valence-electron chi connectivity index (χ0n) is 9.88. The van der Waals surface area contributed by atoms with Gasteiger partial charge in [0.15, 0.2) is 12.1 Å². The van der Waals surface area contributed by atoms with E-state index in [4.69, 9.17) is 0 Å². The number of aromatic nitrogens is 2. The van der Waals surface area contributed by atoms with Gasteiger partial charge in [-0.3, -0.25) is 4.79 Å². The molecule has 0 aliphatic rings. The summed E-state index contributed by atoms with van der Waals surface area (Å²) in [6.07, 6.45) is 3.59. The van der Waals surface area contributed by atoms with E-state index < -0.39 is 0 Å². The van der Waals surface area contributed by atoms with E-state index in [9.17, 15) is 9.18 Å². The second-order valence-corrected chi connectivity index (χ2v) is 4.10. The number of hydrogen-bond donors (Lipinski definition) is 0. The van der Waals surface area contributed by atoms with Crippen molar-refractivity contribution in [3.63, 3.8) is 0 Å². The highest BCUT2D eigenvalue weighted by atomic mass is 19.1. The van der Waals surface area contributed by atoms with Gasteiger partial charge in [0.25, 0.3) is 0 Å². The first-order valence-corrected chi connectivity index (χ1v) is 5.74. The lowest BCUT2D eigenvalue weighted by Crippen LogP contribution is -1.93. The van der Waals surface area contributed by atoms with Crippen LogP contribution in [0.4, 0.5) is 4.39 Å². The number of fused-ring (bicyclic) bond motifs is 1. The molecule has 0 atom stereocenters. The lowest BCUT2D eigenvalue weighted by molar-refractivity contribution is 0.112. The van der Waals surface area contributed by atoms with Crippen molar-refractivity contribution in [3.05, 3.63) is 60.2 Å². The Kier molecular flexibility index (Phi) is 2.76. The van der Waals surface area contributed by atoms with Crippen molar-refractivity contribution in [2.45, 2.75) is 0 Å². The molecule has 19 heavy (non-hydrogen) atoms. The van der Waals surface area contributed by atoms with Gasteiger partial charge in [0, 0.05) is 23.3 Å². The molecule has 0 radical (unpaired) electrons. The number of nitrogens with zero attached hydrogens (tertiary/aromatic N) is 2. The fourth-order valence-electron chi connectivity index (χ4n) is 2.00. The SMILES string of the molecule is O=Cc1cnc(-c2ccc(F)c3ccccc23)nc1. The minimum absolute atomic E-state index is 0.274. The number of halogens is 1. The topological polar surface area (TPSA) is 42.9 Å². The average molecular weight is 252 g/mol. The van der Waals surface area contributed by atoms with Gasteiger partial charge < -0.3 is 0 Å². The zero-order chi connectivity index (χ0) is 13.2. The summed E-state index contributed by atoms with van der Waals surface area (Å²) in [5.74, 6) is 0.200. The predicted molar refractivity (Wildman–Crippen MR) is 70.3 cm³/mol. The van der Waals surface area contributed by atoms with Gasteiger partial charge in [0.05, 0.1) is 5.56 Å². The normalized spacial score (nSPS) is 10.6. The summed E-state index contributed by atoms with van der Waals surface area (Å²) in [6, 6.07) is 10.2. The molecule has 0 bridgehead atoms. The first-order chi connectivity index (χ1) is 9.29. The Morgan fingerprint density at radius 2 is 1.63 bits per heavy atom. The fourth-order valence-corrected chi connectivity index (χ4v) is 2.00. The average Bonchev–Trinajstić information content (AvgIpc) is 2.48. The van der Waals surface area contributed by atoms with Gasteiger partial charge >= 0.3 is 0 Å². The maximum atomic E-state index is 13.7. The standard InChI is InChI=1S/C15H9FN2O/c16-14-6-5-13(11-3-1-2-4-12(11)14)15-17-7-10(9-19)8-18-15/h1-9H. The van der Waals surface area contributed by atoms with E-state index in [1.165, 1.54) is 18.5 Å². The number of aldehydes is 1. The largest absolute Gasteiger partial charge is 0.298 e. The molecule has 3 rings (SSSR count). The molecule has 0 aliphatic heterocycles. The lowest BCUT2D eigenvalue weighted by atomic mass is 10.0. The molecule has 0 fully saturated rings. The Hall–Kier alpha value is -2.62. The molecule has 3 nitrogen and oxygen atoms in total. The number of hydrogen-bond acceptors (Lipinski definition) is 3. The Morgan fingerprint density at radius 1 is 0.947 bits per heavy atom. The molecule has 0 aliphatic carbocycles. The molecule has 1 aromatic heterocycles. The molecule has 92 valence electrons. The van der Waals surface area contributed by atoms with E-state index in [0.29, 0.717) is 23.1 Å². The second kappa shape index (κ2) is 4.57. The summed E-state index contributed by atoms with van der Waals surface area (Å²) in [5.41, 5.74) is 1.16.